The number of nitrogens with one attached hydrogen (secondary N) is 1. The number of phenolic OH excluding ortho intramolecular Hbond substituents is 1. The van der Waals surface area contributed by atoms with Gasteiger partial charge in [0.05, 0.1) is 0 Å². The van der Waals surface area contributed by atoms with Crippen molar-refractivity contribution in [3.63, 3.8) is 0 Å². The minimum absolute atomic E-state index is 0.261. The van der Waals surface area contributed by atoms with E-state index in [0.717, 1.165) is 41.5 Å². The lowest BCUT2D eigenvalue weighted by Crippen LogP contribution is -2.14. The van der Waals surface area contributed by atoms with Gasteiger partial charge in [-0.05, 0) is 31.6 Å². The van der Waals surface area contributed by atoms with E-state index in [1.807, 2.05) is 12.1 Å². The van der Waals surface area contributed by atoms with Crippen LogP contribution in [0.3, 0.4) is 0 Å². The van der Waals surface area contributed by atoms with Gasteiger partial charge >= 0.3 is 0 Å². The summed E-state index contributed by atoms with van der Waals surface area (Å²) in [6, 6.07) is 7.12. The SMILES string of the molecule is CCNCCCc1nnc(-c2cccc(O)c2)s1. The molecule has 0 unspecified atom stereocenters. The molecule has 18 heavy (non-hydrogen) atoms. The van der Waals surface area contributed by atoms with Crippen LogP contribution in [0.2, 0.25) is 0 Å². The molecule has 0 radical (unpaired) electrons. The highest BCUT2D eigenvalue weighted by atomic mass is 32.1. The van der Waals surface area contributed by atoms with Crippen LogP contribution < -0.4 is 5.32 Å². The van der Waals surface area contributed by atoms with Crippen LogP contribution in [0.25, 0.3) is 10.6 Å². The first-order chi connectivity index (χ1) is 8.79. The molecule has 0 saturated heterocycles. The number of hydrogen-bond donors (Lipinski definition) is 2. The van der Waals surface area contributed by atoms with Crippen molar-refractivity contribution in [3.8, 4) is 16.3 Å². The summed E-state index contributed by atoms with van der Waals surface area (Å²) in [6.07, 6.45) is 2.02. The van der Waals surface area contributed by atoms with Gasteiger partial charge in [0, 0.05) is 12.0 Å². The number of rotatable bonds is 6. The van der Waals surface area contributed by atoms with E-state index in [1.165, 1.54) is 0 Å². The maximum atomic E-state index is 9.43. The van der Waals surface area contributed by atoms with Crippen LogP contribution in [0.4, 0.5) is 0 Å². The van der Waals surface area contributed by atoms with Crippen molar-refractivity contribution in [1.82, 2.24) is 15.5 Å². The van der Waals surface area contributed by atoms with E-state index in [9.17, 15) is 5.11 Å². The Morgan fingerprint density at radius 1 is 1.33 bits per heavy atom. The summed E-state index contributed by atoms with van der Waals surface area (Å²) in [5, 5.41) is 23.0. The third kappa shape index (κ3) is 3.51. The first kappa shape index (κ1) is 13.0. The predicted molar refractivity (Wildman–Crippen MR) is 73.9 cm³/mol. The number of hydrogen-bond acceptors (Lipinski definition) is 5. The molecule has 0 atom stereocenters. The molecule has 1 heterocycles. The van der Waals surface area contributed by atoms with Gasteiger partial charge in [0.2, 0.25) is 0 Å². The molecule has 0 bridgehead atoms. The van der Waals surface area contributed by atoms with Crippen molar-refractivity contribution < 1.29 is 5.11 Å². The molecule has 0 amide bonds. The molecule has 2 aromatic rings. The Labute approximate surface area is 111 Å². The van der Waals surface area contributed by atoms with Gasteiger partial charge in [0.1, 0.15) is 15.8 Å². The van der Waals surface area contributed by atoms with Gasteiger partial charge in [-0.1, -0.05) is 30.4 Å². The molecule has 1 aromatic carbocycles. The van der Waals surface area contributed by atoms with E-state index in [-0.39, 0.29) is 5.75 Å². The maximum Gasteiger partial charge on any atom is 0.147 e. The lowest BCUT2D eigenvalue weighted by atomic mass is 10.2. The van der Waals surface area contributed by atoms with Crippen LogP contribution in [0.1, 0.15) is 18.4 Å². The van der Waals surface area contributed by atoms with E-state index in [2.05, 4.69) is 22.4 Å². The second kappa shape index (κ2) is 6.47. The minimum Gasteiger partial charge on any atom is -0.508 e. The van der Waals surface area contributed by atoms with Crippen molar-refractivity contribution in [2.75, 3.05) is 13.1 Å². The second-order valence-corrected chi connectivity index (χ2v) is 5.07. The molecule has 0 aliphatic carbocycles. The standard InChI is InChI=1S/C13H17N3OS/c1-2-14-8-4-7-12-15-16-13(18-12)10-5-3-6-11(17)9-10/h3,5-6,9,14,17H,2,4,7-8H2,1H3. The van der Waals surface area contributed by atoms with Crippen LogP contribution in [0, 0.1) is 0 Å². The number of aromatic nitrogens is 2. The van der Waals surface area contributed by atoms with E-state index < -0.39 is 0 Å². The average molecular weight is 263 g/mol. The minimum atomic E-state index is 0.261. The zero-order chi connectivity index (χ0) is 12.8. The lowest BCUT2D eigenvalue weighted by molar-refractivity contribution is 0.475. The summed E-state index contributed by atoms with van der Waals surface area (Å²) in [5.74, 6) is 0.261. The number of phenols is 1. The molecule has 0 aliphatic heterocycles. The van der Waals surface area contributed by atoms with Crippen molar-refractivity contribution in [2.24, 2.45) is 0 Å². The van der Waals surface area contributed by atoms with Gasteiger partial charge in [0.25, 0.3) is 0 Å². The highest BCUT2D eigenvalue weighted by Gasteiger charge is 2.06. The molecule has 96 valence electrons. The van der Waals surface area contributed by atoms with Crippen molar-refractivity contribution in [1.29, 1.82) is 0 Å². The topological polar surface area (TPSA) is 58.0 Å². The van der Waals surface area contributed by atoms with E-state index in [4.69, 9.17) is 0 Å². The number of aromatic hydroxyl groups is 1. The lowest BCUT2D eigenvalue weighted by Gasteiger charge is -1.98. The zero-order valence-electron chi connectivity index (χ0n) is 10.4. The zero-order valence-corrected chi connectivity index (χ0v) is 11.2. The molecule has 2 rings (SSSR count). The fraction of sp³-hybridized carbons (Fsp3) is 0.385. The fourth-order valence-corrected chi connectivity index (χ4v) is 2.53. The summed E-state index contributed by atoms with van der Waals surface area (Å²) in [6.45, 7) is 4.12. The molecule has 0 spiro atoms. The van der Waals surface area contributed by atoms with Crippen LogP contribution in [0.15, 0.2) is 24.3 Å². The summed E-state index contributed by atoms with van der Waals surface area (Å²) in [4.78, 5) is 0. The maximum absolute atomic E-state index is 9.43. The molecule has 4 nitrogen and oxygen atoms in total. The summed E-state index contributed by atoms with van der Waals surface area (Å²) >= 11 is 1.59. The Morgan fingerprint density at radius 3 is 3.00 bits per heavy atom. The molecule has 2 N–H and O–H groups in total. The Hall–Kier alpha value is -1.46. The van der Waals surface area contributed by atoms with Gasteiger partial charge < -0.3 is 10.4 Å². The fourth-order valence-electron chi connectivity index (χ4n) is 1.65. The first-order valence-corrected chi connectivity index (χ1v) is 6.93. The van der Waals surface area contributed by atoms with Crippen LogP contribution >= 0.6 is 11.3 Å². The van der Waals surface area contributed by atoms with Gasteiger partial charge in [-0.3, -0.25) is 0 Å². The number of aryl methyl sites for hydroxylation is 1. The van der Waals surface area contributed by atoms with Crippen molar-refractivity contribution in [3.05, 3.63) is 29.3 Å². The quantitative estimate of drug-likeness (QED) is 0.786. The third-order valence-electron chi connectivity index (χ3n) is 2.55. The second-order valence-electron chi connectivity index (χ2n) is 4.01. The molecule has 5 heteroatoms. The highest BCUT2D eigenvalue weighted by Crippen LogP contribution is 2.26. The number of nitrogens with zero attached hydrogens (tertiary/aromatic N) is 2. The molecule has 1 aromatic heterocycles. The van der Waals surface area contributed by atoms with Crippen LogP contribution in [-0.4, -0.2) is 28.4 Å². The van der Waals surface area contributed by atoms with Crippen LogP contribution in [-0.2, 0) is 6.42 Å². The smallest absolute Gasteiger partial charge is 0.147 e. The molecule has 0 aliphatic rings. The normalized spacial score (nSPS) is 10.7. The molecule has 0 fully saturated rings. The third-order valence-corrected chi connectivity index (χ3v) is 3.59. The average Bonchev–Trinajstić information content (AvgIpc) is 2.83. The Morgan fingerprint density at radius 2 is 2.22 bits per heavy atom. The van der Waals surface area contributed by atoms with E-state index >= 15 is 0 Å². The summed E-state index contributed by atoms with van der Waals surface area (Å²) in [5.41, 5.74) is 0.922. The van der Waals surface area contributed by atoms with Gasteiger partial charge in [-0.15, -0.1) is 10.2 Å². The molecular weight excluding hydrogens is 246 g/mol. The molecular formula is C13H17N3OS. The van der Waals surface area contributed by atoms with Gasteiger partial charge in [0.15, 0.2) is 0 Å². The van der Waals surface area contributed by atoms with Gasteiger partial charge in [-0.25, -0.2) is 0 Å². The Bertz CT molecular complexity index is 498. The van der Waals surface area contributed by atoms with Crippen LogP contribution in [0.5, 0.6) is 5.75 Å². The predicted octanol–water partition coefficient (Wildman–Crippen LogP) is 2.45. The summed E-state index contributed by atoms with van der Waals surface area (Å²) < 4.78 is 0. The molecule has 0 saturated carbocycles. The van der Waals surface area contributed by atoms with Crippen molar-refractivity contribution >= 4 is 11.3 Å². The first-order valence-electron chi connectivity index (χ1n) is 6.12. The highest BCUT2D eigenvalue weighted by molar-refractivity contribution is 7.14. The Kier molecular flexibility index (Phi) is 4.66. The summed E-state index contributed by atoms with van der Waals surface area (Å²) in [7, 11) is 0. The van der Waals surface area contributed by atoms with Crippen molar-refractivity contribution in [2.45, 2.75) is 19.8 Å². The van der Waals surface area contributed by atoms with Gasteiger partial charge in [-0.2, -0.15) is 0 Å². The largest absolute Gasteiger partial charge is 0.508 e. The number of benzene rings is 1. The van der Waals surface area contributed by atoms with E-state index in [1.54, 1.807) is 23.5 Å². The monoisotopic (exact) mass is 263 g/mol. The Balaban J connectivity index is 1.97. The van der Waals surface area contributed by atoms with E-state index in [0.29, 0.717) is 0 Å².